The maximum Gasteiger partial charge on any atom is 0.241 e. The molecule has 7 heteroatoms. The van der Waals surface area contributed by atoms with Crippen molar-refractivity contribution in [3.63, 3.8) is 0 Å². The van der Waals surface area contributed by atoms with E-state index in [1.54, 1.807) is 44.4 Å². The normalized spacial score (nSPS) is 12.5. The highest BCUT2D eigenvalue weighted by atomic mass is 32.2. The summed E-state index contributed by atoms with van der Waals surface area (Å²) in [5.41, 5.74) is 5.03. The van der Waals surface area contributed by atoms with E-state index in [1.807, 2.05) is 6.07 Å². The van der Waals surface area contributed by atoms with Crippen LogP contribution in [0, 0.1) is 5.41 Å². The highest BCUT2D eigenvalue weighted by Crippen LogP contribution is 2.23. The number of pyridine rings is 1. The molecule has 0 radical (unpaired) electrons. The van der Waals surface area contributed by atoms with Crippen molar-refractivity contribution < 1.29 is 8.42 Å². The van der Waals surface area contributed by atoms with Crippen molar-refractivity contribution in [3.05, 3.63) is 36.7 Å². The van der Waals surface area contributed by atoms with Gasteiger partial charge in [-0.25, -0.2) is 13.1 Å². The molecule has 3 N–H and O–H groups in total. The van der Waals surface area contributed by atoms with Gasteiger partial charge in [0.15, 0.2) is 0 Å². The molecule has 1 aromatic carbocycles. The first-order valence-electron chi connectivity index (χ1n) is 6.36. The molecule has 0 atom stereocenters. The third kappa shape index (κ3) is 3.37. The molecule has 0 bridgehead atoms. The van der Waals surface area contributed by atoms with Gasteiger partial charge in [0, 0.05) is 35.1 Å². The van der Waals surface area contributed by atoms with Crippen molar-refractivity contribution in [2.75, 3.05) is 6.54 Å². The zero-order valence-corrected chi connectivity index (χ0v) is 13.5. The molecular formula is C14H17N3O2S2. The fourth-order valence-corrected chi connectivity index (χ4v) is 3.28. The van der Waals surface area contributed by atoms with E-state index >= 15 is 0 Å². The van der Waals surface area contributed by atoms with Crippen molar-refractivity contribution in [2.24, 2.45) is 11.1 Å². The molecule has 2 aromatic rings. The third-order valence-corrected chi connectivity index (χ3v) is 5.31. The summed E-state index contributed by atoms with van der Waals surface area (Å²) >= 11 is 4.95. The van der Waals surface area contributed by atoms with E-state index in [0.717, 1.165) is 5.39 Å². The summed E-state index contributed by atoms with van der Waals surface area (Å²) in [5.74, 6) is 0. The molecule has 21 heavy (non-hydrogen) atoms. The number of nitrogens with one attached hydrogen (secondary N) is 1. The van der Waals surface area contributed by atoms with Crippen molar-refractivity contribution in [2.45, 2.75) is 18.7 Å². The van der Waals surface area contributed by atoms with Gasteiger partial charge in [-0.1, -0.05) is 38.2 Å². The first kappa shape index (κ1) is 15.8. The number of nitrogens with two attached hydrogens (primary N) is 1. The van der Waals surface area contributed by atoms with E-state index in [0.29, 0.717) is 5.39 Å². The predicted octanol–water partition coefficient (Wildman–Crippen LogP) is 1.83. The highest BCUT2D eigenvalue weighted by molar-refractivity contribution is 7.89. The van der Waals surface area contributed by atoms with Gasteiger partial charge in [0.2, 0.25) is 10.0 Å². The molecular weight excluding hydrogens is 306 g/mol. The number of thiocarbonyl (C=S) groups is 1. The summed E-state index contributed by atoms with van der Waals surface area (Å²) in [7, 11) is -3.65. The Bertz CT molecular complexity index is 780. The molecule has 0 amide bonds. The van der Waals surface area contributed by atoms with Gasteiger partial charge in [-0.15, -0.1) is 0 Å². The predicted molar refractivity (Wildman–Crippen MR) is 87.5 cm³/mol. The van der Waals surface area contributed by atoms with Gasteiger partial charge in [-0.3, -0.25) is 4.98 Å². The molecule has 0 fully saturated rings. The zero-order valence-electron chi connectivity index (χ0n) is 11.8. The second-order valence-corrected chi connectivity index (χ2v) is 7.60. The number of hydrogen-bond donors (Lipinski definition) is 2. The van der Waals surface area contributed by atoms with E-state index in [9.17, 15) is 8.42 Å². The van der Waals surface area contributed by atoms with Gasteiger partial charge in [0.1, 0.15) is 0 Å². The van der Waals surface area contributed by atoms with Crippen LogP contribution in [-0.4, -0.2) is 24.9 Å². The lowest BCUT2D eigenvalue weighted by molar-refractivity contribution is 0.502. The van der Waals surface area contributed by atoms with Crippen LogP contribution in [-0.2, 0) is 10.0 Å². The third-order valence-electron chi connectivity index (χ3n) is 3.30. The Morgan fingerprint density at radius 1 is 1.38 bits per heavy atom. The largest absolute Gasteiger partial charge is 0.393 e. The minimum absolute atomic E-state index is 0.145. The first-order chi connectivity index (χ1) is 9.74. The van der Waals surface area contributed by atoms with Crippen molar-refractivity contribution in [1.29, 1.82) is 0 Å². The minimum Gasteiger partial charge on any atom is -0.393 e. The van der Waals surface area contributed by atoms with E-state index in [4.69, 9.17) is 18.0 Å². The van der Waals surface area contributed by atoms with Crippen molar-refractivity contribution >= 4 is 38.0 Å². The molecule has 0 aliphatic carbocycles. The molecule has 1 aromatic heterocycles. The fraction of sp³-hybridized carbons (Fsp3) is 0.286. The average Bonchev–Trinajstić information content (AvgIpc) is 2.44. The second kappa shape index (κ2) is 5.67. The number of sulfonamides is 1. The molecule has 5 nitrogen and oxygen atoms in total. The minimum atomic E-state index is -3.65. The van der Waals surface area contributed by atoms with Crippen molar-refractivity contribution in [3.8, 4) is 0 Å². The molecule has 112 valence electrons. The number of benzene rings is 1. The number of aromatic nitrogens is 1. The van der Waals surface area contributed by atoms with Crippen LogP contribution in [0.4, 0.5) is 0 Å². The summed E-state index contributed by atoms with van der Waals surface area (Å²) in [5, 5.41) is 1.40. The number of nitrogens with zero attached hydrogens (tertiary/aromatic N) is 1. The standard InChI is InChI=1S/C14H17N3O2S2/c1-14(2,13(15)20)9-17-21(18,19)12-5-3-4-10-8-16-7-6-11(10)12/h3-8,17H,9H2,1-2H3,(H2,15,20). The monoisotopic (exact) mass is 323 g/mol. The molecule has 0 unspecified atom stereocenters. The quantitative estimate of drug-likeness (QED) is 0.820. The topological polar surface area (TPSA) is 85.1 Å². The molecule has 0 saturated carbocycles. The van der Waals surface area contributed by atoms with Crippen LogP contribution >= 0.6 is 12.2 Å². The van der Waals surface area contributed by atoms with Crippen LogP contribution in [0.1, 0.15) is 13.8 Å². The van der Waals surface area contributed by atoms with Crippen molar-refractivity contribution in [1.82, 2.24) is 9.71 Å². The highest BCUT2D eigenvalue weighted by Gasteiger charge is 2.25. The summed E-state index contributed by atoms with van der Waals surface area (Å²) in [6, 6.07) is 6.76. The van der Waals surface area contributed by atoms with Crippen LogP contribution in [0.15, 0.2) is 41.6 Å². The fourth-order valence-electron chi connectivity index (χ4n) is 1.77. The Hall–Kier alpha value is -1.57. The number of fused-ring (bicyclic) bond motifs is 1. The lowest BCUT2D eigenvalue weighted by Crippen LogP contribution is -2.41. The van der Waals surface area contributed by atoms with E-state index in [1.165, 1.54) is 0 Å². The SMILES string of the molecule is CC(C)(CNS(=O)(=O)c1cccc2cnccc12)C(N)=S. The van der Waals surface area contributed by atoms with Crippen LogP contribution in [0.25, 0.3) is 10.8 Å². The van der Waals surface area contributed by atoms with Gasteiger partial charge in [0.05, 0.1) is 9.88 Å². The Balaban J connectivity index is 2.37. The van der Waals surface area contributed by atoms with Gasteiger partial charge < -0.3 is 5.73 Å². The Morgan fingerprint density at radius 2 is 2.10 bits per heavy atom. The summed E-state index contributed by atoms with van der Waals surface area (Å²) in [6.45, 7) is 3.74. The van der Waals surface area contributed by atoms with Crippen LogP contribution < -0.4 is 10.5 Å². The Kier molecular flexibility index (Phi) is 4.27. The summed E-state index contributed by atoms with van der Waals surface area (Å²) in [4.78, 5) is 4.49. The van der Waals surface area contributed by atoms with Crippen LogP contribution in [0.2, 0.25) is 0 Å². The maximum atomic E-state index is 12.5. The van der Waals surface area contributed by atoms with E-state index in [-0.39, 0.29) is 16.4 Å². The zero-order chi connectivity index (χ0) is 15.7. The molecule has 2 rings (SSSR count). The van der Waals surface area contributed by atoms with Gasteiger partial charge in [-0.2, -0.15) is 0 Å². The molecule has 0 spiro atoms. The Morgan fingerprint density at radius 3 is 2.76 bits per heavy atom. The summed E-state index contributed by atoms with van der Waals surface area (Å²) in [6.07, 6.45) is 3.20. The number of hydrogen-bond acceptors (Lipinski definition) is 4. The van der Waals surface area contributed by atoms with Crippen LogP contribution in [0.5, 0.6) is 0 Å². The maximum absolute atomic E-state index is 12.5. The smallest absolute Gasteiger partial charge is 0.241 e. The molecule has 0 saturated heterocycles. The lowest BCUT2D eigenvalue weighted by Gasteiger charge is -2.23. The second-order valence-electron chi connectivity index (χ2n) is 5.43. The average molecular weight is 323 g/mol. The summed E-state index contributed by atoms with van der Waals surface area (Å²) < 4.78 is 27.6. The molecule has 1 heterocycles. The van der Waals surface area contributed by atoms with Gasteiger partial charge >= 0.3 is 0 Å². The molecule has 0 aliphatic rings. The Labute approximate surface area is 129 Å². The van der Waals surface area contributed by atoms with Crippen LogP contribution in [0.3, 0.4) is 0 Å². The lowest BCUT2D eigenvalue weighted by atomic mass is 9.94. The molecule has 0 aliphatic heterocycles. The van der Waals surface area contributed by atoms with Gasteiger partial charge in [0.25, 0.3) is 0 Å². The van der Waals surface area contributed by atoms with E-state index < -0.39 is 15.4 Å². The first-order valence-corrected chi connectivity index (χ1v) is 8.25. The van der Waals surface area contributed by atoms with E-state index in [2.05, 4.69) is 9.71 Å². The van der Waals surface area contributed by atoms with Gasteiger partial charge in [-0.05, 0) is 12.1 Å². The number of rotatable bonds is 5.